The van der Waals surface area contributed by atoms with Gasteiger partial charge >= 0.3 is 0 Å². The van der Waals surface area contributed by atoms with E-state index in [1.165, 1.54) is 0 Å². The number of anilines is 1. The van der Waals surface area contributed by atoms with Crippen LogP contribution in [0.25, 0.3) is 0 Å². The summed E-state index contributed by atoms with van der Waals surface area (Å²) in [6.45, 7) is 5.98. The van der Waals surface area contributed by atoms with Gasteiger partial charge in [0.1, 0.15) is 17.3 Å². The molecule has 6 nitrogen and oxygen atoms in total. The number of carbonyl (C=O) groups is 2. The van der Waals surface area contributed by atoms with Gasteiger partial charge in [-0.2, -0.15) is 0 Å². The maximum absolute atomic E-state index is 12.3. The van der Waals surface area contributed by atoms with Crippen LogP contribution in [0.2, 0.25) is 0 Å². The Morgan fingerprint density at radius 2 is 1.70 bits per heavy atom. The minimum Gasteiger partial charge on any atom is -0.492 e. The molecule has 0 bridgehead atoms. The molecule has 0 unspecified atom stereocenters. The second-order valence-electron chi connectivity index (χ2n) is 6.23. The van der Waals surface area contributed by atoms with Gasteiger partial charge in [0.15, 0.2) is 15.6 Å². The Labute approximate surface area is 159 Å². The lowest BCUT2D eigenvalue weighted by Crippen LogP contribution is -2.27. The van der Waals surface area contributed by atoms with E-state index in [4.69, 9.17) is 4.74 Å². The van der Waals surface area contributed by atoms with Crippen LogP contribution in [0.1, 0.15) is 28.4 Å². The molecule has 1 amide bonds. The fourth-order valence-corrected chi connectivity index (χ4v) is 3.63. The molecule has 144 valence electrons. The van der Waals surface area contributed by atoms with Crippen LogP contribution in [-0.2, 0) is 14.6 Å². The SMILES string of the molecule is CCOc1ccccc1NC(=O)CS(=O)(=O)CC(=O)c1ccc(C)c(C)c1. The fraction of sp³-hybridized carbons (Fsp3) is 0.300. The van der Waals surface area contributed by atoms with Crippen LogP contribution in [0, 0.1) is 13.8 Å². The Morgan fingerprint density at radius 1 is 1.00 bits per heavy atom. The zero-order chi connectivity index (χ0) is 20.0. The molecule has 0 fully saturated rings. The highest BCUT2D eigenvalue weighted by Crippen LogP contribution is 2.23. The van der Waals surface area contributed by atoms with Gasteiger partial charge in [-0.15, -0.1) is 0 Å². The van der Waals surface area contributed by atoms with Gasteiger partial charge in [0.25, 0.3) is 0 Å². The van der Waals surface area contributed by atoms with Gasteiger partial charge in [-0.3, -0.25) is 9.59 Å². The summed E-state index contributed by atoms with van der Waals surface area (Å²) in [5.74, 6) is -2.27. The third-order valence-electron chi connectivity index (χ3n) is 3.99. The number of nitrogens with one attached hydrogen (secondary N) is 1. The number of carbonyl (C=O) groups excluding carboxylic acids is 2. The summed E-state index contributed by atoms with van der Waals surface area (Å²) in [6.07, 6.45) is 0. The highest BCUT2D eigenvalue weighted by molar-refractivity contribution is 7.92. The Balaban J connectivity index is 2.04. The first-order valence-electron chi connectivity index (χ1n) is 8.54. The van der Waals surface area contributed by atoms with Crippen molar-refractivity contribution in [1.29, 1.82) is 0 Å². The summed E-state index contributed by atoms with van der Waals surface area (Å²) in [6, 6.07) is 11.8. The number of aryl methyl sites for hydroxylation is 2. The Bertz CT molecular complexity index is 951. The number of hydrogen-bond acceptors (Lipinski definition) is 5. The average molecular weight is 389 g/mol. The van der Waals surface area contributed by atoms with E-state index >= 15 is 0 Å². The number of hydrogen-bond donors (Lipinski definition) is 1. The van der Waals surface area contributed by atoms with Crippen LogP contribution in [0.4, 0.5) is 5.69 Å². The lowest BCUT2D eigenvalue weighted by Gasteiger charge is -2.11. The first-order valence-corrected chi connectivity index (χ1v) is 10.4. The molecule has 0 aliphatic heterocycles. The number of amides is 1. The number of rotatable bonds is 8. The molecule has 0 saturated heterocycles. The van der Waals surface area contributed by atoms with Gasteiger partial charge in [0, 0.05) is 5.56 Å². The van der Waals surface area contributed by atoms with Crippen LogP contribution in [0.15, 0.2) is 42.5 Å². The largest absolute Gasteiger partial charge is 0.492 e. The van der Waals surface area contributed by atoms with Gasteiger partial charge < -0.3 is 10.1 Å². The Hall–Kier alpha value is -2.67. The fourth-order valence-electron chi connectivity index (χ4n) is 2.49. The third-order valence-corrected chi connectivity index (χ3v) is 5.40. The molecule has 2 aromatic rings. The van der Waals surface area contributed by atoms with E-state index in [1.54, 1.807) is 42.5 Å². The maximum atomic E-state index is 12.3. The van der Waals surface area contributed by atoms with Gasteiger partial charge in [-0.1, -0.05) is 24.3 Å². The number of Topliss-reactive ketones (excluding diaryl/α,β-unsaturated/α-hetero) is 1. The van der Waals surface area contributed by atoms with E-state index in [9.17, 15) is 18.0 Å². The standard InChI is InChI=1S/C20H23NO5S/c1-4-26-19-8-6-5-7-17(19)21-20(23)13-27(24,25)12-18(22)16-10-9-14(2)15(3)11-16/h5-11H,4,12-13H2,1-3H3,(H,21,23). The summed E-state index contributed by atoms with van der Waals surface area (Å²) in [5, 5.41) is 2.53. The molecule has 0 atom stereocenters. The predicted molar refractivity (Wildman–Crippen MR) is 105 cm³/mol. The molecule has 0 aromatic heterocycles. The number of para-hydroxylation sites is 2. The molecule has 27 heavy (non-hydrogen) atoms. The summed E-state index contributed by atoms with van der Waals surface area (Å²) < 4.78 is 29.9. The van der Waals surface area contributed by atoms with Gasteiger partial charge in [-0.05, 0) is 50.1 Å². The molecule has 2 rings (SSSR count). The molecule has 0 spiro atoms. The van der Waals surface area contributed by atoms with Crippen molar-refractivity contribution in [2.75, 3.05) is 23.4 Å². The average Bonchev–Trinajstić information content (AvgIpc) is 2.58. The van der Waals surface area contributed by atoms with Crippen LogP contribution in [-0.4, -0.2) is 38.2 Å². The third kappa shape index (κ3) is 5.92. The van der Waals surface area contributed by atoms with Crippen LogP contribution in [0.3, 0.4) is 0 Å². The molecule has 0 aliphatic rings. The first-order chi connectivity index (χ1) is 12.7. The van der Waals surface area contributed by atoms with E-state index < -0.39 is 33.0 Å². The molecule has 1 N–H and O–H groups in total. The number of ether oxygens (including phenoxy) is 1. The van der Waals surface area contributed by atoms with E-state index in [0.29, 0.717) is 23.6 Å². The number of sulfone groups is 1. The summed E-state index contributed by atoms with van der Waals surface area (Å²) >= 11 is 0. The summed E-state index contributed by atoms with van der Waals surface area (Å²) in [7, 11) is -3.90. The highest BCUT2D eigenvalue weighted by atomic mass is 32.2. The second-order valence-corrected chi connectivity index (χ2v) is 8.30. The first kappa shape index (κ1) is 20.6. The lowest BCUT2D eigenvalue weighted by molar-refractivity contribution is -0.113. The molecule has 0 radical (unpaired) electrons. The number of ketones is 1. The van der Waals surface area contributed by atoms with Crippen molar-refractivity contribution in [1.82, 2.24) is 0 Å². The molecule has 0 heterocycles. The lowest BCUT2D eigenvalue weighted by atomic mass is 10.0. The molecule has 0 saturated carbocycles. The zero-order valence-corrected chi connectivity index (χ0v) is 16.4. The normalized spacial score (nSPS) is 11.1. The van der Waals surface area contributed by atoms with E-state index in [-0.39, 0.29) is 0 Å². The van der Waals surface area contributed by atoms with Crippen LogP contribution >= 0.6 is 0 Å². The minimum atomic E-state index is -3.90. The molecular weight excluding hydrogens is 366 g/mol. The van der Waals surface area contributed by atoms with Gasteiger partial charge in [-0.25, -0.2) is 8.42 Å². The van der Waals surface area contributed by atoms with Crippen molar-refractivity contribution in [2.24, 2.45) is 0 Å². The van der Waals surface area contributed by atoms with Crippen molar-refractivity contribution in [3.8, 4) is 5.75 Å². The van der Waals surface area contributed by atoms with E-state index in [2.05, 4.69) is 5.32 Å². The van der Waals surface area contributed by atoms with Crippen molar-refractivity contribution in [3.63, 3.8) is 0 Å². The zero-order valence-electron chi connectivity index (χ0n) is 15.6. The van der Waals surface area contributed by atoms with Gasteiger partial charge in [0.2, 0.25) is 5.91 Å². The minimum absolute atomic E-state index is 0.323. The topological polar surface area (TPSA) is 89.5 Å². The molecule has 7 heteroatoms. The molecule has 0 aliphatic carbocycles. The monoisotopic (exact) mass is 389 g/mol. The summed E-state index contributed by atoms with van der Waals surface area (Å²) in [4.78, 5) is 24.4. The van der Waals surface area contributed by atoms with Crippen molar-refractivity contribution >= 4 is 27.2 Å². The number of benzene rings is 2. The Morgan fingerprint density at radius 3 is 2.37 bits per heavy atom. The Kier molecular flexibility index (Phi) is 6.74. The van der Waals surface area contributed by atoms with E-state index in [0.717, 1.165) is 11.1 Å². The second kappa shape index (κ2) is 8.81. The van der Waals surface area contributed by atoms with Crippen molar-refractivity contribution in [2.45, 2.75) is 20.8 Å². The quantitative estimate of drug-likeness (QED) is 0.701. The predicted octanol–water partition coefficient (Wildman–Crippen LogP) is 2.94. The van der Waals surface area contributed by atoms with Crippen molar-refractivity contribution in [3.05, 3.63) is 59.2 Å². The molecular formula is C20H23NO5S. The van der Waals surface area contributed by atoms with Crippen LogP contribution in [0.5, 0.6) is 5.75 Å². The molecule has 2 aromatic carbocycles. The van der Waals surface area contributed by atoms with Crippen molar-refractivity contribution < 1.29 is 22.7 Å². The van der Waals surface area contributed by atoms with Gasteiger partial charge in [0.05, 0.1) is 12.3 Å². The summed E-state index contributed by atoms with van der Waals surface area (Å²) in [5.41, 5.74) is 2.63. The van der Waals surface area contributed by atoms with Crippen LogP contribution < -0.4 is 10.1 Å². The van der Waals surface area contributed by atoms with E-state index in [1.807, 2.05) is 20.8 Å². The highest BCUT2D eigenvalue weighted by Gasteiger charge is 2.22. The smallest absolute Gasteiger partial charge is 0.239 e. The maximum Gasteiger partial charge on any atom is 0.239 e.